The first-order chi connectivity index (χ1) is 13.6. The number of nitrogens with zero attached hydrogens (tertiary/aromatic N) is 3. The maximum atomic E-state index is 12.9. The molecule has 3 heterocycles. The molecule has 0 aliphatic carbocycles. The molecule has 28 heavy (non-hydrogen) atoms. The molecule has 3 aliphatic heterocycles. The normalized spacial score (nSPS) is 21.9. The first kappa shape index (κ1) is 16.8. The zero-order valence-electron chi connectivity index (χ0n) is 15.1. The molecule has 1 fully saturated rings. The third-order valence-corrected chi connectivity index (χ3v) is 5.64. The second-order valence-electron chi connectivity index (χ2n) is 7.37. The third kappa shape index (κ3) is 2.70. The van der Waals surface area contributed by atoms with E-state index in [1.165, 1.54) is 0 Å². The van der Waals surface area contributed by atoms with Gasteiger partial charge in [0.25, 0.3) is 5.91 Å². The molecule has 0 spiro atoms. The average molecular weight is 374 g/mol. The van der Waals surface area contributed by atoms with Gasteiger partial charge >= 0.3 is 0 Å². The van der Waals surface area contributed by atoms with Crippen molar-refractivity contribution >= 4 is 29.1 Å². The standard InChI is InChI=1S/C21H18N4O3/c26-19-8-7-18(20(27)22-19)25-11-14-9-13-6-5-12-3-1-2-4-16(12)23-24-17(13)10-15(14)21(25)28/h1-4,9-10,18H,5-8,11H2,(H,22,26,27)/b24-23-. The number of piperidine rings is 1. The molecular weight excluding hydrogens is 356 g/mol. The number of carbonyl (C=O) groups is 3. The summed E-state index contributed by atoms with van der Waals surface area (Å²) in [4.78, 5) is 38.1. The number of imide groups is 1. The fraction of sp³-hybridized carbons (Fsp3) is 0.286. The number of amides is 3. The summed E-state index contributed by atoms with van der Waals surface area (Å²) >= 11 is 0. The number of rotatable bonds is 1. The van der Waals surface area contributed by atoms with Crippen molar-refractivity contribution in [2.75, 3.05) is 0 Å². The fourth-order valence-corrected chi connectivity index (χ4v) is 4.15. The van der Waals surface area contributed by atoms with Crippen molar-refractivity contribution in [2.24, 2.45) is 10.2 Å². The van der Waals surface area contributed by atoms with Crippen LogP contribution in [0.3, 0.4) is 0 Å². The summed E-state index contributed by atoms with van der Waals surface area (Å²) in [6.45, 7) is 0.376. The molecule has 0 radical (unpaired) electrons. The monoisotopic (exact) mass is 374 g/mol. The highest BCUT2D eigenvalue weighted by atomic mass is 16.2. The highest BCUT2D eigenvalue weighted by Crippen LogP contribution is 2.36. The van der Waals surface area contributed by atoms with Crippen LogP contribution >= 0.6 is 0 Å². The molecule has 2 aromatic carbocycles. The lowest BCUT2D eigenvalue weighted by Crippen LogP contribution is -2.52. The SMILES string of the molecule is O=C1CCC(N2Cc3cc4c(cc3C2=O)/N=N\c2ccccc2CC4)C(=O)N1. The summed E-state index contributed by atoms with van der Waals surface area (Å²) in [5.41, 5.74) is 5.22. The molecule has 3 aliphatic rings. The highest BCUT2D eigenvalue weighted by Gasteiger charge is 2.39. The number of aryl methyl sites for hydroxylation is 2. The van der Waals surface area contributed by atoms with Crippen LogP contribution < -0.4 is 5.32 Å². The summed E-state index contributed by atoms with van der Waals surface area (Å²) in [5, 5.41) is 11.1. The largest absolute Gasteiger partial charge is 0.322 e. The molecule has 1 unspecified atom stereocenters. The van der Waals surface area contributed by atoms with Crippen LogP contribution in [0.5, 0.6) is 0 Å². The van der Waals surface area contributed by atoms with Gasteiger partial charge < -0.3 is 4.90 Å². The number of benzene rings is 2. The van der Waals surface area contributed by atoms with Gasteiger partial charge in [-0.15, -0.1) is 0 Å². The molecular formula is C21H18N4O3. The van der Waals surface area contributed by atoms with Crippen molar-refractivity contribution in [1.29, 1.82) is 0 Å². The summed E-state index contributed by atoms with van der Waals surface area (Å²) in [6, 6.07) is 11.1. The Kier molecular flexibility index (Phi) is 3.82. The highest BCUT2D eigenvalue weighted by molar-refractivity contribution is 6.05. The smallest absolute Gasteiger partial charge is 0.255 e. The quantitative estimate of drug-likeness (QED) is 0.778. The number of fused-ring (bicyclic) bond motifs is 3. The zero-order chi connectivity index (χ0) is 19.3. The van der Waals surface area contributed by atoms with E-state index < -0.39 is 11.9 Å². The summed E-state index contributed by atoms with van der Waals surface area (Å²) in [7, 11) is 0. The predicted molar refractivity (Wildman–Crippen MR) is 101 cm³/mol. The van der Waals surface area contributed by atoms with Crippen molar-refractivity contribution in [3.8, 4) is 0 Å². The molecule has 0 aromatic heterocycles. The van der Waals surface area contributed by atoms with Crippen LogP contribution in [-0.2, 0) is 29.0 Å². The van der Waals surface area contributed by atoms with Gasteiger partial charge in [-0.05, 0) is 48.1 Å². The summed E-state index contributed by atoms with van der Waals surface area (Å²) < 4.78 is 0. The van der Waals surface area contributed by atoms with Crippen molar-refractivity contribution in [1.82, 2.24) is 10.2 Å². The molecule has 7 heteroatoms. The maximum Gasteiger partial charge on any atom is 0.255 e. The fourth-order valence-electron chi connectivity index (χ4n) is 4.15. The van der Waals surface area contributed by atoms with Gasteiger partial charge in [-0.25, -0.2) is 0 Å². The topological polar surface area (TPSA) is 91.2 Å². The second-order valence-corrected chi connectivity index (χ2v) is 7.37. The Hall–Kier alpha value is -3.35. The molecule has 5 rings (SSSR count). The first-order valence-electron chi connectivity index (χ1n) is 9.40. The first-order valence-corrected chi connectivity index (χ1v) is 9.40. The number of azo groups is 1. The van der Waals surface area contributed by atoms with E-state index in [2.05, 4.69) is 21.6 Å². The minimum Gasteiger partial charge on any atom is -0.322 e. The van der Waals surface area contributed by atoms with Crippen LogP contribution in [0.25, 0.3) is 0 Å². The maximum absolute atomic E-state index is 12.9. The van der Waals surface area contributed by atoms with Gasteiger partial charge in [0.15, 0.2) is 0 Å². The van der Waals surface area contributed by atoms with Crippen LogP contribution in [-0.4, -0.2) is 28.7 Å². The second kappa shape index (κ2) is 6.37. The molecule has 0 bridgehead atoms. The number of hydrogen-bond acceptors (Lipinski definition) is 5. The lowest BCUT2D eigenvalue weighted by atomic mass is 9.97. The van der Waals surface area contributed by atoms with E-state index in [0.29, 0.717) is 24.2 Å². The van der Waals surface area contributed by atoms with E-state index in [4.69, 9.17) is 0 Å². The Morgan fingerprint density at radius 2 is 1.68 bits per heavy atom. The molecule has 3 amide bonds. The van der Waals surface area contributed by atoms with Crippen molar-refractivity contribution < 1.29 is 14.4 Å². The Balaban J connectivity index is 1.48. The number of nitrogens with one attached hydrogen (secondary N) is 1. The molecule has 1 atom stereocenters. The van der Waals surface area contributed by atoms with Gasteiger partial charge in [-0.1, -0.05) is 24.3 Å². The van der Waals surface area contributed by atoms with E-state index in [9.17, 15) is 14.4 Å². The Bertz CT molecular complexity index is 1060. The van der Waals surface area contributed by atoms with Crippen LogP contribution in [0, 0.1) is 0 Å². The lowest BCUT2D eigenvalue weighted by molar-refractivity contribution is -0.136. The number of carbonyl (C=O) groups excluding carboxylic acids is 3. The van der Waals surface area contributed by atoms with E-state index in [0.717, 1.165) is 35.2 Å². The van der Waals surface area contributed by atoms with Gasteiger partial charge in [0.05, 0.1) is 11.4 Å². The van der Waals surface area contributed by atoms with E-state index in [1.54, 1.807) is 11.0 Å². The van der Waals surface area contributed by atoms with Gasteiger partial charge in [0, 0.05) is 18.5 Å². The van der Waals surface area contributed by atoms with Crippen molar-refractivity contribution in [3.63, 3.8) is 0 Å². The average Bonchev–Trinajstić information content (AvgIpc) is 2.98. The lowest BCUT2D eigenvalue weighted by Gasteiger charge is -2.29. The van der Waals surface area contributed by atoms with Gasteiger partial charge in [-0.3, -0.25) is 19.7 Å². The van der Waals surface area contributed by atoms with E-state index >= 15 is 0 Å². The van der Waals surface area contributed by atoms with Gasteiger partial charge in [0.1, 0.15) is 6.04 Å². The molecule has 7 nitrogen and oxygen atoms in total. The molecule has 140 valence electrons. The Morgan fingerprint density at radius 1 is 0.893 bits per heavy atom. The molecule has 1 N–H and O–H groups in total. The number of hydrogen-bond donors (Lipinski definition) is 1. The summed E-state index contributed by atoms with van der Waals surface area (Å²) in [5.74, 6) is -0.871. The zero-order valence-corrected chi connectivity index (χ0v) is 15.1. The van der Waals surface area contributed by atoms with Gasteiger partial charge in [-0.2, -0.15) is 10.2 Å². The molecule has 1 saturated heterocycles. The minimum absolute atomic E-state index is 0.190. The predicted octanol–water partition coefficient (Wildman–Crippen LogP) is 2.96. The van der Waals surface area contributed by atoms with Crippen LogP contribution in [0.4, 0.5) is 11.4 Å². The van der Waals surface area contributed by atoms with Crippen molar-refractivity contribution in [2.45, 2.75) is 38.3 Å². The minimum atomic E-state index is -0.605. The van der Waals surface area contributed by atoms with E-state index in [1.807, 2.05) is 24.3 Å². The van der Waals surface area contributed by atoms with Crippen LogP contribution in [0.1, 0.15) is 39.9 Å². The molecule has 0 saturated carbocycles. The third-order valence-electron chi connectivity index (χ3n) is 5.64. The van der Waals surface area contributed by atoms with Gasteiger partial charge in [0.2, 0.25) is 11.8 Å². The molecule has 2 aromatic rings. The van der Waals surface area contributed by atoms with Crippen LogP contribution in [0.2, 0.25) is 0 Å². The Morgan fingerprint density at radius 3 is 2.54 bits per heavy atom. The summed E-state index contributed by atoms with van der Waals surface area (Å²) in [6.07, 6.45) is 2.27. The Labute approximate surface area is 161 Å². The van der Waals surface area contributed by atoms with Crippen molar-refractivity contribution in [3.05, 3.63) is 58.7 Å². The van der Waals surface area contributed by atoms with E-state index in [-0.39, 0.29) is 18.2 Å². The van der Waals surface area contributed by atoms with Crippen LogP contribution in [0.15, 0.2) is 46.6 Å².